The van der Waals surface area contributed by atoms with Crippen LogP contribution >= 0.6 is 0 Å². The summed E-state index contributed by atoms with van der Waals surface area (Å²) in [5.74, 6) is -0.881. The van der Waals surface area contributed by atoms with Gasteiger partial charge in [-0.3, -0.25) is 9.59 Å². The Morgan fingerprint density at radius 2 is 1.68 bits per heavy atom. The smallest absolute Gasteiger partial charge is 0.291 e. The molecule has 0 aliphatic rings. The maximum Gasteiger partial charge on any atom is 0.291 e. The minimum absolute atomic E-state index is 0.0679. The summed E-state index contributed by atoms with van der Waals surface area (Å²) in [6, 6.07) is 11.4. The lowest BCUT2D eigenvalue weighted by Gasteiger charge is -2.11. The van der Waals surface area contributed by atoms with E-state index < -0.39 is 5.91 Å². The number of amides is 2. The molecule has 0 radical (unpaired) electrons. The van der Waals surface area contributed by atoms with Crippen LogP contribution in [-0.4, -0.2) is 33.1 Å². The second-order valence-corrected chi connectivity index (χ2v) is 6.37. The van der Waals surface area contributed by atoms with Crippen molar-refractivity contribution >= 4 is 17.5 Å². The average Bonchev–Trinajstić information content (AvgIpc) is 3.05. The summed E-state index contributed by atoms with van der Waals surface area (Å²) in [7, 11) is 0. The zero-order valence-corrected chi connectivity index (χ0v) is 15.8. The highest BCUT2D eigenvalue weighted by atomic mass is 19.1. The molecule has 0 atom stereocenters. The largest absolute Gasteiger partial charge is 0.340 e. The number of nitrogens with zero attached hydrogens (tertiary/aromatic N) is 3. The van der Waals surface area contributed by atoms with Gasteiger partial charge in [0.05, 0.1) is 12.2 Å². The van der Waals surface area contributed by atoms with Gasteiger partial charge in [-0.1, -0.05) is 18.2 Å². The van der Waals surface area contributed by atoms with E-state index >= 15 is 0 Å². The van der Waals surface area contributed by atoms with Gasteiger partial charge in [0.15, 0.2) is 0 Å². The number of nitrogens with one attached hydrogen (secondary N) is 2. The van der Waals surface area contributed by atoms with E-state index in [9.17, 15) is 14.0 Å². The van der Waals surface area contributed by atoms with E-state index in [0.29, 0.717) is 11.5 Å². The van der Waals surface area contributed by atoms with E-state index in [4.69, 9.17) is 0 Å². The van der Waals surface area contributed by atoms with Crippen molar-refractivity contribution in [3.05, 3.63) is 71.1 Å². The lowest BCUT2D eigenvalue weighted by molar-refractivity contribution is -0.115. The molecule has 2 N–H and O–H groups in total. The molecule has 3 aromatic rings. The van der Waals surface area contributed by atoms with Crippen molar-refractivity contribution < 1.29 is 14.0 Å². The molecule has 7 nitrogen and oxygen atoms in total. The third-order valence-corrected chi connectivity index (χ3v) is 4.20. The first-order valence-corrected chi connectivity index (χ1v) is 8.69. The van der Waals surface area contributed by atoms with E-state index in [-0.39, 0.29) is 24.1 Å². The molecule has 0 aliphatic carbocycles. The Hall–Kier alpha value is -3.55. The number of carbonyl (C=O) groups is 2. The van der Waals surface area contributed by atoms with Gasteiger partial charge in [-0.25, -0.2) is 14.1 Å². The molecule has 0 saturated carbocycles. The van der Waals surface area contributed by atoms with Gasteiger partial charge in [-0.05, 0) is 56.2 Å². The molecule has 1 heterocycles. The van der Waals surface area contributed by atoms with Crippen molar-refractivity contribution in [1.29, 1.82) is 0 Å². The van der Waals surface area contributed by atoms with Gasteiger partial charge in [0.2, 0.25) is 11.7 Å². The summed E-state index contributed by atoms with van der Waals surface area (Å²) >= 11 is 0. The van der Waals surface area contributed by atoms with Crippen LogP contribution in [0.25, 0.3) is 5.69 Å². The van der Waals surface area contributed by atoms with Gasteiger partial charge in [0, 0.05) is 5.69 Å². The van der Waals surface area contributed by atoms with E-state index in [0.717, 1.165) is 16.8 Å². The van der Waals surface area contributed by atoms with E-state index in [1.54, 1.807) is 6.92 Å². The summed E-state index contributed by atoms with van der Waals surface area (Å²) in [5, 5.41) is 9.45. The first-order valence-electron chi connectivity index (χ1n) is 8.69. The Labute approximate surface area is 161 Å². The van der Waals surface area contributed by atoms with Crippen molar-refractivity contribution in [1.82, 2.24) is 20.1 Å². The van der Waals surface area contributed by atoms with Crippen molar-refractivity contribution in [2.75, 3.05) is 11.9 Å². The first-order chi connectivity index (χ1) is 13.3. The summed E-state index contributed by atoms with van der Waals surface area (Å²) in [6.45, 7) is 5.27. The number of rotatable bonds is 5. The molecule has 28 heavy (non-hydrogen) atoms. The highest BCUT2D eigenvalue weighted by Crippen LogP contribution is 2.19. The molecule has 1 aromatic heterocycles. The van der Waals surface area contributed by atoms with E-state index in [2.05, 4.69) is 20.7 Å². The van der Waals surface area contributed by atoms with Crippen molar-refractivity contribution in [2.24, 2.45) is 0 Å². The standard InChI is InChI=1S/C20H20FN5O2/c1-12-5-4-6-13(2)18(12)24-17(27)11-22-20(28)19-23-14(3)26(25-19)16-9-7-15(21)8-10-16/h4-10H,11H2,1-3H3,(H,22,28)(H,24,27). The SMILES string of the molecule is Cc1cccc(C)c1NC(=O)CNC(=O)c1nc(C)n(-c2ccc(F)cc2)n1. The Morgan fingerprint density at radius 1 is 1.04 bits per heavy atom. The van der Waals surface area contributed by atoms with Crippen LogP contribution in [0.2, 0.25) is 0 Å². The summed E-state index contributed by atoms with van der Waals surface area (Å²) in [6.07, 6.45) is 0. The second kappa shape index (κ2) is 7.99. The van der Waals surface area contributed by atoms with Gasteiger partial charge in [-0.15, -0.1) is 5.10 Å². The fourth-order valence-electron chi connectivity index (χ4n) is 2.75. The van der Waals surface area contributed by atoms with Gasteiger partial charge >= 0.3 is 0 Å². The Balaban J connectivity index is 1.64. The minimum Gasteiger partial charge on any atom is -0.340 e. The Kier molecular flexibility index (Phi) is 5.49. The number of benzene rings is 2. The molecule has 8 heteroatoms. The van der Waals surface area contributed by atoms with Crippen LogP contribution in [-0.2, 0) is 4.79 Å². The molecule has 0 fully saturated rings. The summed E-state index contributed by atoms with van der Waals surface area (Å²) in [5.41, 5.74) is 3.19. The minimum atomic E-state index is -0.569. The molecule has 0 unspecified atom stereocenters. The number of carbonyl (C=O) groups excluding carboxylic acids is 2. The number of halogens is 1. The van der Waals surface area contributed by atoms with Gasteiger partial charge < -0.3 is 10.6 Å². The molecule has 0 spiro atoms. The van der Waals surface area contributed by atoms with E-state index in [1.807, 2.05) is 32.0 Å². The highest BCUT2D eigenvalue weighted by Gasteiger charge is 2.16. The summed E-state index contributed by atoms with van der Waals surface area (Å²) in [4.78, 5) is 28.6. The average molecular weight is 381 g/mol. The highest BCUT2D eigenvalue weighted by molar-refractivity contribution is 5.98. The predicted octanol–water partition coefficient (Wildman–Crippen LogP) is 2.70. The molecule has 3 rings (SSSR count). The van der Waals surface area contributed by atoms with Crippen LogP contribution < -0.4 is 10.6 Å². The fourth-order valence-corrected chi connectivity index (χ4v) is 2.75. The molecule has 0 aliphatic heterocycles. The molecule has 2 aromatic carbocycles. The topological polar surface area (TPSA) is 88.9 Å². The lowest BCUT2D eigenvalue weighted by Crippen LogP contribution is -2.33. The van der Waals surface area contributed by atoms with Crippen LogP contribution in [0.4, 0.5) is 10.1 Å². The zero-order valence-electron chi connectivity index (χ0n) is 15.8. The molecule has 2 amide bonds. The third-order valence-electron chi connectivity index (χ3n) is 4.20. The fraction of sp³-hybridized carbons (Fsp3) is 0.200. The zero-order chi connectivity index (χ0) is 20.3. The maximum atomic E-state index is 13.1. The van der Waals surface area contributed by atoms with Crippen LogP contribution in [0.3, 0.4) is 0 Å². The quantitative estimate of drug-likeness (QED) is 0.711. The van der Waals surface area contributed by atoms with Crippen molar-refractivity contribution in [3.63, 3.8) is 0 Å². The molecular formula is C20H20FN5O2. The number of aromatic nitrogens is 3. The van der Waals surface area contributed by atoms with Crippen LogP contribution in [0.5, 0.6) is 0 Å². The Morgan fingerprint density at radius 3 is 2.32 bits per heavy atom. The normalized spacial score (nSPS) is 10.6. The van der Waals surface area contributed by atoms with Crippen molar-refractivity contribution in [3.8, 4) is 5.69 Å². The van der Waals surface area contributed by atoms with Crippen molar-refractivity contribution in [2.45, 2.75) is 20.8 Å². The van der Waals surface area contributed by atoms with Crippen LogP contribution in [0, 0.1) is 26.6 Å². The number of hydrogen-bond donors (Lipinski definition) is 2. The number of anilines is 1. The monoisotopic (exact) mass is 381 g/mol. The number of aryl methyl sites for hydroxylation is 3. The van der Waals surface area contributed by atoms with Crippen LogP contribution in [0.15, 0.2) is 42.5 Å². The molecular weight excluding hydrogens is 361 g/mol. The summed E-state index contributed by atoms with van der Waals surface area (Å²) < 4.78 is 14.5. The predicted molar refractivity (Wildman–Crippen MR) is 103 cm³/mol. The van der Waals surface area contributed by atoms with Crippen LogP contribution in [0.1, 0.15) is 27.6 Å². The maximum absolute atomic E-state index is 13.1. The first kappa shape index (κ1) is 19.2. The molecule has 0 saturated heterocycles. The van der Waals surface area contributed by atoms with E-state index in [1.165, 1.54) is 28.9 Å². The third kappa shape index (κ3) is 4.22. The molecule has 0 bridgehead atoms. The van der Waals surface area contributed by atoms with Gasteiger partial charge in [-0.2, -0.15) is 0 Å². The lowest BCUT2D eigenvalue weighted by atomic mass is 10.1. The number of hydrogen-bond acceptors (Lipinski definition) is 4. The van der Waals surface area contributed by atoms with Gasteiger partial charge in [0.1, 0.15) is 11.6 Å². The Bertz CT molecular complexity index is 1010. The second-order valence-electron chi connectivity index (χ2n) is 6.37. The van der Waals surface area contributed by atoms with Gasteiger partial charge in [0.25, 0.3) is 5.91 Å². The molecule has 144 valence electrons. The number of para-hydroxylation sites is 1.